The Hall–Kier alpha value is -4.70. The highest BCUT2D eigenvalue weighted by Gasteiger charge is 2.22. The molecular formula is C30H18N2O2. The third kappa shape index (κ3) is 2.48. The first-order chi connectivity index (χ1) is 16.7. The maximum Gasteiger partial charge on any atom is 0.267 e. The van der Waals surface area contributed by atoms with Gasteiger partial charge in [0.05, 0.1) is 22.1 Å². The van der Waals surface area contributed by atoms with Crippen LogP contribution in [0.25, 0.3) is 60.3 Å². The number of hydrogen-bond acceptors (Lipinski definition) is 3. The molecule has 4 aromatic carbocycles. The van der Waals surface area contributed by atoms with Crippen molar-refractivity contribution in [1.82, 2.24) is 9.38 Å². The number of aromatic nitrogens is 2. The third-order valence-corrected chi connectivity index (χ3v) is 6.70. The van der Waals surface area contributed by atoms with E-state index in [4.69, 9.17) is 0 Å². The lowest BCUT2D eigenvalue weighted by Gasteiger charge is -2.12. The van der Waals surface area contributed by atoms with Crippen LogP contribution in [0.15, 0.2) is 108 Å². The first kappa shape index (κ1) is 18.8. The molecule has 160 valence electrons. The molecule has 4 heteroatoms. The maximum atomic E-state index is 13.8. The third-order valence-electron chi connectivity index (χ3n) is 6.70. The van der Waals surface area contributed by atoms with Crippen molar-refractivity contribution in [2.75, 3.05) is 0 Å². The Kier molecular flexibility index (Phi) is 3.82. The number of para-hydroxylation sites is 2. The van der Waals surface area contributed by atoms with E-state index in [-0.39, 0.29) is 11.3 Å². The molecule has 4 nitrogen and oxygen atoms in total. The van der Waals surface area contributed by atoms with E-state index in [1.807, 2.05) is 91.1 Å². The Bertz CT molecular complexity index is 1930. The minimum Gasteiger partial charge on any atom is -0.506 e. The summed E-state index contributed by atoms with van der Waals surface area (Å²) in [6.07, 6.45) is 1.81. The summed E-state index contributed by atoms with van der Waals surface area (Å²) in [5.41, 5.74) is 5.28. The summed E-state index contributed by atoms with van der Waals surface area (Å²) in [6.45, 7) is 0. The highest BCUT2D eigenvalue weighted by molar-refractivity contribution is 6.18. The van der Waals surface area contributed by atoms with Crippen LogP contribution in [0.5, 0.6) is 5.75 Å². The molecule has 0 fully saturated rings. The zero-order chi connectivity index (χ0) is 22.8. The second-order valence-corrected chi connectivity index (χ2v) is 8.54. The van der Waals surface area contributed by atoms with Gasteiger partial charge in [-0.1, -0.05) is 66.7 Å². The molecule has 0 atom stereocenters. The van der Waals surface area contributed by atoms with E-state index >= 15 is 0 Å². The van der Waals surface area contributed by atoms with Crippen LogP contribution < -0.4 is 5.56 Å². The van der Waals surface area contributed by atoms with Crippen LogP contribution in [0.4, 0.5) is 0 Å². The zero-order valence-corrected chi connectivity index (χ0v) is 18.1. The van der Waals surface area contributed by atoms with E-state index in [0.29, 0.717) is 16.5 Å². The molecule has 0 spiro atoms. The predicted octanol–water partition coefficient (Wildman–Crippen LogP) is 6.63. The molecule has 34 heavy (non-hydrogen) atoms. The Morgan fingerprint density at radius 1 is 0.676 bits per heavy atom. The number of rotatable bonds is 2. The fourth-order valence-corrected chi connectivity index (χ4v) is 5.20. The number of pyridine rings is 2. The van der Waals surface area contributed by atoms with E-state index < -0.39 is 0 Å². The van der Waals surface area contributed by atoms with E-state index in [9.17, 15) is 9.90 Å². The first-order valence-corrected chi connectivity index (χ1v) is 11.2. The van der Waals surface area contributed by atoms with Gasteiger partial charge in [-0.05, 0) is 47.0 Å². The van der Waals surface area contributed by atoms with Crippen molar-refractivity contribution in [2.24, 2.45) is 0 Å². The fourth-order valence-electron chi connectivity index (χ4n) is 5.20. The predicted molar refractivity (Wildman–Crippen MR) is 138 cm³/mol. The van der Waals surface area contributed by atoms with E-state index in [0.717, 1.165) is 43.8 Å². The molecule has 0 saturated carbocycles. The van der Waals surface area contributed by atoms with Crippen LogP contribution in [0.1, 0.15) is 0 Å². The van der Waals surface area contributed by atoms with E-state index in [2.05, 4.69) is 17.1 Å². The van der Waals surface area contributed by atoms with Crippen molar-refractivity contribution in [3.8, 4) is 28.0 Å². The number of fused-ring (bicyclic) bond motifs is 4. The quantitative estimate of drug-likeness (QED) is 0.330. The molecule has 7 aromatic rings. The lowest BCUT2D eigenvalue weighted by Crippen LogP contribution is -2.15. The molecule has 0 saturated heterocycles. The number of benzene rings is 4. The van der Waals surface area contributed by atoms with Gasteiger partial charge in [-0.25, -0.2) is 0 Å². The zero-order valence-electron chi connectivity index (χ0n) is 18.1. The second-order valence-electron chi connectivity index (χ2n) is 8.54. The van der Waals surface area contributed by atoms with Gasteiger partial charge < -0.3 is 5.11 Å². The fraction of sp³-hybridized carbons (Fsp3) is 0. The molecule has 3 heterocycles. The Labute approximate surface area is 194 Å². The van der Waals surface area contributed by atoms with Gasteiger partial charge in [0.25, 0.3) is 5.56 Å². The summed E-state index contributed by atoms with van der Waals surface area (Å²) in [4.78, 5) is 18.3. The molecule has 1 N–H and O–H groups in total. The Morgan fingerprint density at radius 3 is 2.24 bits per heavy atom. The van der Waals surface area contributed by atoms with Crippen LogP contribution in [0, 0.1) is 0 Å². The van der Waals surface area contributed by atoms with Crippen LogP contribution in [0.3, 0.4) is 0 Å². The molecule has 0 unspecified atom stereocenters. The average molecular weight is 438 g/mol. The second kappa shape index (κ2) is 6.90. The molecule has 0 aliphatic carbocycles. The van der Waals surface area contributed by atoms with Crippen molar-refractivity contribution in [1.29, 1.82) is 0 Å². The van der Waals surface area contributed by atoms with Crippen LogP contribution in [0.2, 0.25) is 0 Å². The molecule has 0 bridgehead atoms. The molecule has 3 aromatic heterocycles. The molecule has 0 amide bonds. The van der Waals surface area contributed by atoms with Gasteiger partial charge in [0.2, 0.25) is 0 Å². The van der Waals surface area contributed by atoms with E-state index in [1.54, 1.807) is 4.40 Å². The van der Waals surface area contributed by atoms with Gasteiger partial charge in [-0.3, -0.25) is 14.2 Å². The van der Waals surface area contributed by atoms with Gasteiger partial charge in [0, 0.05) is 27.7 Å². The van der Waals surface area contributed by atoms with Gasteiger partial charge in [0.15, 0.2) is 0 Å². The standard InChI is InChI=1S/C30H18N2O2/c33-29-24-17-19(20-14-15-31-25-12-6-4-10-21(20)25)16-23-22-11-5-7-13-26(22)32(28(23)24)30(34)27(29)18-8-2-1-3-9-18/h1-17,33H. The highest BCUT2D eigenvalue weighted by atomic mass is 16.3. The van der Waals surface area contributed by atoms with Crippen LogP contribution in [-0.2, 0) is 0 Å². The monoisotopic (exact) mass is 438 g/mol. The van der Waals surface area contributed by atoms with Gasteiger partial charge in [-0.2, -0.15) is 0 Å². The highest BCUT2D eigenvalue weighted by Crippen LogP contribution is 2.42. The van der Waals surface area contributed by atoms with Crippen molar-refractivity contribution < 1.29 is 5.11 Å². The van der Waals surface area contributed by atoms with Crippen molar-refractivity contribution in [2.45, 2.75) is 0 Å². The normalized spacial score (nSPS) is 11.8. The summed E-state index contributed by atoms with van der Waals surface area (Å²) in [6, 6.07) is 31.4. The first-order valence-electron chi connectivity index (χ1n) is 11.2. The minimum atomic E-state index is -0.218. The Balaban J connectivity index is 1.70. The number of nitrogens with zero attached hydrogens (tertiary/aromatic N) is 2. The average Bonchev–Trinajstić information content (AvgIpc) is 3.22. The Morgan fingerprint density at radius 2 is 1.38 bits per heavy atom. The molecule has 7 rings (SSSR count). The van der Waals surface area contributed by atoms with Crippen LogP contribution in [-0.4, -0.2) is 14.5 Å². The van der Waals surface area contributed by atoms with Crippen molar-refractivity contribution in [3.63, 3.8) is 0 Å². The summed E-state index contributed by atoms with van der Waals surface area (Å²) in [7, 11) is 0. The molecular weight excluding hydrogens is 420 g/mol. The van der Waals surface area contributed by atoms with Crippen molar-refractivity contribution >= 4 is 38.1 Å². The summed E-state index contributed by atoms with van der Waals surface area (Å²) < 4.78 is 1.75. The number of aromatic hydroxyl groups is 1. The smallest absolute Gasteiger partial charge is 0.267 e. The lowest BCUT2D eigenvalue weighted by molar-refractivity contribution is 0.482. The number of hydrogen-bond donors (Lipinski definition) is 1. The van der Waals surface area contributed by atoms with Crippen LogP contribution >= 0.6 is 0 Å². The summed E-state index contributed by atoms with van der Waals surface area (Å²) >= 11 is 0. The minimum absolute atomic E-state index is 0.0108. The topological polar surface area (TPSA) is 54.6 Å². The van der Waals surface area contributed by atoms with Gasteiger partial charge >= 0.3 is 0 Å². The van der Waals surface area contributed by atoms with Gasteiger partial charge in [0.1, 0.15) is 5.75 Å². The SMILES string of the molecule is O=c1c(-c2ccccc2)c(O)c2cc(-c3ccnc4ccccc34)cc3c4ccccc4n1c23. The summed E-state index contributed by atoms with van der Waals surface area (Å²) in [5, 5.41) is 15.1. The lowest BCUT2D eigenvalue weighted by atomic mass is 9.96. The largest absolute Gasteiger partial charge is 0.506 e. The molecule has 0 aliphatic rings. The van der Waals surface area contributed by atoms with E-state index in [1.165, 1.54) is 0 Å². The van der Waals surface area contributed by atoms with Gasteiger partial charge in [-0.15, -0.1) is 0 Å². The van der Waals surface area contributed by atoms with Crippen molar-refractivity contribution in [3.05, 3.63) is 114 Å². The molecule has 0 aliphatic heterocycles. The summed E-state index contributed by atoms with van der Waals surface area (Å²) in [5.74, 6) is 0.0108. The molecule has 0 radical (unpaired) electrons. The maximum absolute atomic E-state index is 13.8.